The third-order valence-electron chi connectivity index (χ3n) is 1.89. The number of rotatable bonds is 8. The SMILES string of the molecule is COCCOCCOOC(=O)c1ccccc1. The van der Waals surface area contributed by atoms with E-state index in [4.69, 9.17) is 14.4 Å². The van der Waals surface area contributed by atoms with E-state index in [0.29, 0.717) is 25.4 Å². The third-order valence-corrected chi connectivity index (χ3v) is 1.89. The van der Waals surface area contributed by atoms with Gasteiger partial charge in [0.05, 0.1) is 25.4 Å². The Kier molecular flexibility index (Phi) is 6.97. The van der Waals surface area contributed by atoms with Crippen LogP contribution in [-0.4, -0.2) is 39.5 Å². The Bertz CT molecular complexity index is 312. The van der Waals surface area contributed by atoms with Gasteiger partial charge in [0, 0.05) is 7.11 Å². The first-order valence-corrected chi connectivity index (χ1v) is 5.30. The molecule has 0 saturated carbocycles. The molecule has 1 aromatic carbocycles. The van der Waals surface area contributed by atoms with Gasteiger partial charge in [-0.1, -0.05) is 18.2 Å². The summed E-state index contributed by atoms with van der Waals surface area (Å²) in [5.41, 5.74) is 0.452. The summed E-state index contributed by atoms with van der Waals surface area (Å²) in [6.07, 6.45) is 0. The second-order valence-corrected chi connectivity index (χ2v) is 3.16. The van der Waals surface area contributed by atoms with E-state index < -0.39 is 5.97 Å². The van der Waals surface area contributed by atoms with Crippen molar-refractivity contribution in [1.82, 2.24) is 0 Å². The molecule has 17 heavy (non-hydrogen) atoms. The van der Waals surface area contributed by atoms with Crippen LogP contribution in [0, 0.1) is 0 Å². The molecule has 0 amide bonds. The molecule has 5 nitrogen and oxygen atoms in total. The largest absolute Gasteiger partial charge is 0.382 e. The van der Waals surface area contributed by atoms with Crippen LogP contribution in [0.5, 0.6) is 0 Å². The monoisotopic (exact) mass is 240 g/mol. The lowest BCUT2D eigenvalue weighted by molar-refractivity contribution is -0.247. The van der Waals surface area contributed by atoms with Crippen molar-refractivity contribution >= 4 is 5.97 Å². The van der Waals surface area contributed by atoms with Crippen LogP contribution in [0.25, 0.3) is 0 Å². The van der Waals surface area contributed by atoms with Gasteiger partial charge >= 0.3 is 5.97 Å². The molecule has 0 unspecified atom stereocenters. The van der Waals surface area contributed by atoms with E-state index in [9.17, 15) is 4.79 Å². The first-order valence-electron chi connectivity index (χ1n) is 5.30. The zero-order valence-electron chi connectivity index (χ0n) is 9.76. The molecular weight excluding hydrogens is 224 g/mol. The predicted molar refractivity (Wildman–Crippen MR) is 60.5 cm³/mol. The Morgan fingerprint density at radius 1 is 1.06 bits per heavy atom. The van der Waals surface area contributed by atoms with Crippen LogP contribution in [-0.2, 0) is 19.2 Å². The maximum Gasteiger partial charge on any atom is 0.373 e. The van der Waals surface area contributed by atoms with Crippen LogP contribution in [0.4, 0.5) is 0 Å². The van der Waals surface area contributed by atoms with Gasteiger partial charge in [-0.3, -0.25) is 4.89 Å². The smallest absolute Gasteiger partial charge is 0.373 e. The zero-order chi connectivity index (χ0) is 12.3. The second-order valence-electron chi connectivity index (χ2n) is 3.16. The fourth-order valence-electron chi connectivity index (χ4n) is 1.05. The van der Waals surface area contributed by atoms with Crippen LogP contribution in [0.2, 0.25) is 0 Å². The number of ether oxygens (including phenoxy) is 2. The first kappa shape index (κ1) is 13.6. The van der Waals surface area contributed by atoms with Gasteiger partial charge in [0.25, 0.3) is 0 Å². The van der Waals surface area contributed by atoms with Crippen molar-refractivity contribution < 1.29 is 24.0 Å². The highest BCUT2D eigenvalue weighted by molar-refractivity contribution is 5.88. The summed E-state index contributed by atoms with van der Waals surface area (Å²) in [7, 11) is 1.60. The normalized spacial score (nSPS) is 10.2. The van der Waals surface area contributed by atoms with Crippen molar-refractivity contribution in [2.45, 2.75) is 0 Å². The first-order chi connectivity index (χ1) is 8.34. The molecular formula is C12H16O5. The van der Waals surface area contributed by atoms with E-state index in [1.54, 1.807) is 31.4 Å². The van der Waals surface area contributed by atoms with Gasteiger partial charge in [-0.05, 0) is 12.1 Å². The van der Waals surface area contributed by atoms with Gasteiger partial charge in [0.2, 0.25) is 0 Å². The molecule has 0 atom stereocenters. The van der Waals surface area contributed by atoms with E-state index in [1.807, 2.05) is 6.07 Å². The second kappa shape index (κ2) is 8.69. The molecule has 0 spiro atoms. The van der Waals surface area contributed by atoms with Gasteiger partial charge in [0.1, 0.15) is 6.61 Å². The number of hydrogen-bond donors (Lipinski definition) is 0. The topological polar surface area (TPSA) is 54.0 Å². The van der Waals surface area contributed by atoms with E-state index in [1.165, 1.54) is 0 Å². The fraction of sp³-hybridized carbons (Fsp3) is 0.417. The number of benzene rings is 1. The quantitative estimate of drug-likeness (QED) is 0.391. The van der Waals surface area contributed by atoms with E-state index in [-0.39, 0.29) is 6.61 Å². The van der Waals surface area contributed by atoms with Crippen molar-refractivity contribution in [2.24, 2.45) is 0 Å². The van der Waals surface area contributed by atoms with Crippen LogP contribution >= 0.6 is 0 Å². The standard InChI is InChI=1S/C12H16O5/c1-14-7-8-15-9-10-16-17-12(13)11-5-3-2-4-6-11/h2-6H,7-10H2,1H3. The average molecular weight is 240 g/mol. The summed E-state index contributed by atoms with van der Waals surface area (Å²) < 4.78 is 9.91. The molecule has 0 fully saturated rings. The zero-order valence-corrected chi connectivity index (χ0v) is 9.76. The maximum absolute atomic E-state index is 11.4. The van der Waals surface area contributed by atoms with E-state index in [0.717, 1.165) is 0 Å². The Morgan fingerprint density at radius 2 is 1.76 bits per heavy atom. The molecule has 1 aromatic rings. The number of methoxy groups -OCH3 is 1. The predicted octanol–water partition coefficient (Wildman–Crippen LogP) is 1.44. The highest BCUT2D eigenvalue weighted by Gasteiger charge is 2.06. The number of carbonyl (C=O) groups is 1. The average Bonchev–Trinajstić information content (AvgIpc) is 2.38. The van der Waals surface area contributed by atoms with Crippen molar-refractivity contribution in [3.05, 3.63) is 35.9 Å². The molecule has 0 heterocycles. The molecule has 0 aliphatic rings. The van der Waals surface area contributed by atoms with Crippen LogP contribution in [0.15, 0.2) is 30.3 Å². The van der Waals surface area contributed by atoms with Gasteiger partial charge < -0.3 is 9.47 Å². The molecule has 0 aromatic heterocycles. The minimum atomic E-state index is -0.512. The molecule has 1 rings (SSSR count). The molecule has 0 bridgehead atoms. The Hall–Kier alpha value is -1.43. The molecule has 0 saturated heterocycles. The highest BCUT2D eigenvalue weighted by Crippen LogP contribution is 2.00. The highest BCUT2D eigenvalue weighted by atomic mass is 17.2. The number of carbonyl (C=O) groups excluding carboxylic acids is 1. The van der Waals surface area contributed by atoms with Crippen LogP contribution in [0.1, 0.15) is 10.4 Å². The number of hydrogen-bond acceptors (Lipinski definition) is 5. The van der Waals surface area contributed by atoms with Gasteiger partial charge in [-0.25, -0.2) is 4.79 Å². The molecule has 0 radical (unpaired) electrons. The van der Waals surface area contributed by atoms with E-state index in [2.05, 4.69) is 4.89 Å². The summed E-state index contributed by atoms with van der Waals surface area (Å²) in [4.78, 5) is 20.7. The summed E-state index contributed by atoms with van der Waals surface area (Å²) >= 11 is 0. The lowest BCUT2D eigenvalue weighted by Gasteiger charge is -2.04. The third kappa shape index (κ3) is 6.01. The fourth-order valence-corrected chi connectivity index (χ4v) is 1.05. The lowest BCUT2D eigenvalue weighted by Crippen LogP contribution is -2.11. The molecule has 5 heteroatoms. The summed E-state index contributed by atoms with van der Waals surface area (Å²) in [6.45, 7) is 1.57. The van der Waals surface area contributed by atoms with Crippen molar-refractivity contribution in [1.29, 1.82) is 0 Å². The lowest BCUT2D eigenvalue weighted by atomic mass is 10.2. The van der Waals surface area contributed by atoms with Crippen molar-refractivity contribution in [3.63, 3.8) is 0 Å². The van der Waals surface area contributed by atoms with Gasteiger partial charge in [0.15, 0.2) is 0 Å². The maximum atomic E-state index is 11.4. The van der Waals surface area contributed by atoms with Crippen LogP contribution < -0.4 is 0 Å². The van der Waals surface area contributed by atoms with Gasteiger partial charge in [-0.15, -0.1) is 0 Å². The Balaban J connectivity index is 2.05. The summed E-state index contributed by atoms with van der Waals surface area (Å²) in [5.74, 6) is -0.512. The van der Waals surface area contributed by atoms with Gasteiger partial charge in [-0.2, -0.15) is 4.89 Å². The minimum absolute atomic E-state index is 0.197. The molecule has 0 aliphatic carbocycles. The molecule has 0 aliphatic heterocycles. The van der Waals surface area contributed by atoms with E-state index >= 15 is 0 Å². The minimum Gasteiger partial charge on any atom is -0.382 e. The molecule has 0 N–H and O–H groups in total. The summed E-state index contributed by atoms with van der Waals surface area (Å²) in [5, 5.41) is 0. The Labute approximate surface area is 100 Å². The van der Waals surface area contributed by atoms with Crippen molar-refractivity contribution in [2.75, 3.05) is 33.5 Å². The summed E-state index contributed by atoms with van der Waals surface area (Å²) in [6, 6.07) is 8.64. The molecule has 94 valence electrons. The van der Waals surface area contributed by atoms with Crippen molar-refractivity contribution in [3.8, 4) is 0 Å². The Morgan fingerprint density at radius 3 is 2.47 bits per heavy atom. The van der Waals surface area contributed by atoms with Crippen LogP contribution in [0.3, 0.4) is 0 Å².